The Labute approximate surface area is 67.3 Å². The van der Waals surface area contributed by atoms with Crippen LogP contribution in [-0.2, 0) is 0 Å². The molecule has 13 heavy (non-hydrogen) atoms. The third kappa shape index (κ3) is 2.10. The third-order valence-corrected chi connectivity index (χ3v) is 1.04. The lowest BCUT2D eigenvalue weighted by Crippen LogP contribution is -2.27. The molecule has 1 aliphatic rings. The molecule has 0 aromatic rings. The van der Waals surface area contributed by atoms with Gasteiger partial charge in [0.25, 0.3) is 0 Å². The first-order valence-corrected chi connectivity index (χ1v) is 2.78. The molecule has 0 fully saturated rings. The van der Waals surface area contributed by atoms with E-state index in [1.807, 2.05) is 0 Å². The predicted octanol–water partition coefficient (Wildman–Crippen LogP) is 1.93. The van der Waals surface area contributed by atoms with E-state index in [1.165, 1.54) is 0 Å². The average Bonchev–Trinajstić information content (AvgIpc) is 2.28. The summed E-state index contributed by atoms with van der Waals surface area (Å²) >= 11 is 0. The van der Waals surface area contributed by atoms with Gasteiger partial charge in [-0.25, -0.2) is 0 Å². The molecular weight excluding hydrogens is 204 g/mol. The molecule has 1 heterocycles. The summed E-state index contributed by atoms with van der Waals surface area (Å²) < 4.78 is 70.2. The van der Waals surface area contributed by atoms with Crippen LogP contribution in [0.1, 0.15) is 0 Å². The van der Waals surface area contributed by atoms with Gasteiger partial charge in [-0.15, -0.1) is 13.2 Å². The molecule has 0 atom stereocenters. The second-order valence-electron chi connectivity index (χ2n) is 2.01. The highest BCUT2D eigenvalue weighted by Crippen LogP contribution is 2.31. The molecule has 0 spiro atoms. The zero-order valence-corrected chi connectivity index (χ0v) is 5.69. The topological polar surface area (TPSA) is 29.7 Å². The standard InChI is InChI=1S/C4HF6N3/c5-3(6,7)2-1-13(12-11-2)4(8,9)10/h1H/q+1. The second kappa shape index (κ2) is 2.60. The quantitative estimate of drug-likeness (QED) is 0.438. The molecule has 0 N–H and O–H groups in total. The highest BCUT2D eigenvalue weighted by atomic mass is 19.4. The van der Waals surface area contributed by atoms with Gasteiger partial charge in [-0.3, -0.25) is 0 Å². The summed E-state index contributed by atoms with van der Waals surface area (Å²) in [6.45, 7) is 0. The van der Waals surface area contributed by atoms with Crippen molar-refractivity contribution in [2.45, 2.75) is 12.5 Å². The number of alkyl halides is 6. The van der Waals surface area contributed by atoms with E-state index in [9.17, 15) is 26.3 Å². The molecule has 1 radical (unpaired) electrons. The first-order chi connectivity index (χ1) is 5.71. The van der Waals surface area contributed by atoms with Crippen molar-refractivity contribution < 1.29 is 26.3 Å². The Morgan fingerprint density at radius 1 is 1.15 bits per heavy atom. The van der Waals surface area contributed by atoms with Gasteiger partial charge >= 0.3 is 18.2 Å². The Kier molecular flexibility index (Phi) is 1.96. The Morgan fingerprint density at radius 3 is 1.92 bits per heavy atom. The van der Waals surface area contributed by atoms with Crippen molar-refractivity contribution in [2.24, 2.45) is 5.22 Å². The van der Waals surface area contributed by atoms with Gasteiger partial charge in [-0.05, 0) is 5.01 Å². The van der Waals surface area contributed by atoms with Gasteiger partial charge in [0.1, 0.15) is 5.22 Å². The van der Waals surface area contributed by atoms with Crippen molar-refractivity contribution in [1.82, 2.24) is 10.1 Å². The predicted molar refractivity (Wildman–Crippen MR) is 26.6 cm³/mol. The van der Waals surface area contributed by atoms with Gasteiger partial charge in [-0.1, -0.05) is 0 Å². The number of hydrogen-bond donors (Lipinski definition) is 0. The maximum absolute atomic E-state index is 11.7. The van der Waals surface area contributed by atoms with Crippen molar-refractivity contribution in [3.05, 3.63) is 11.9 Å². The molecule has 1 aliphatic heterocycles. The molecule has 0 saturated heterocycles. The first-order valence-electron chi connectivity index (χ1n) is 2.78. The molecule has 0 amide bonds. The fraction of sp³-hybridized carbons (Fsp3) is 0.500. The summed E-state index contributed by atoms with van der Waals surface area (Å²) in [5, 5.41) is 3.79. The van der Waals surface area contributed by atoms with Crippen molar-refractivity contribution >= 4 is 0 Å². The summed E-state index contributed by atoms with van der Waals surface area (Å²) in [6.07, 6.45) is -10.1. The van der Waals surface area contributed by atoms with Crippen LogP contribution < -0.4 is 5.11 Å². The minimum atomic E-state index is -4.98. The van der Waals surface area contributed by atoms with Crippen molar-refractivity contribution in [3.63, 3.8) is 0 Å². The number of nitrogens with zero attached hydrogens (tertiary/aromatic N) is 3. The van der Waals surface area contributed by atoms with E-state index in [0.29, 0.717) is 0 Å². The monoisotopic (exact) mass is 205 g/mol. The molecule has 0 aromatic heterocycles. The maximum atomic E-state index is 11.7. The number of halogens is 6. The van der Waals surface area contributed by atoms with E-state index in [-0.39, 0.29) is 6.20 Å². The lowest BCUT2D eigenvalue weighted by atomic mass is 10.5. The highest BCUT2D eigenvalue weighted by Gasteiger charge is 2.53. The Balaban J connectivity index is 2.84. The maximum Gasteiger partial charge on any atom is 0.587 e. The van der Waals surface area contributed by atoms with E-state index in [4.69, 9.17) is 0 Å². The SMILES string of the molecule is FC(F)(F)C1=CN(C(F)(F)F)N=[N+]1. The molecule has 0 saturated carbocycles. The largest absolute Gasteiger partial charge is 0.587 e. The van der Waals surface area contributed by atoms with Crippen LogP contribution in [0.2, 0.25) is 0 Å². The lowest BCUT2D eigenvalue weighted by Gasteiger charge is -2.02. The van der Waals surface area contributed by atoms with E-state index >= 15 is 0 Å². The summed E-state index contributed by atoms with van der Waals surface area (Å²) in [5.74, 6) is 0. The summed E-state index contributed by atoms with van der Waals surface area (Å²) in [6, 6.07) is 0. The smallest absolute Gasteiger partial charge is 0.162 e. The van der Waals surface area contributed by atoms with Crippen molar-refractivity contribution in [1.29, 1.82) is 0 Å². The molecule has 0 unspecified atom stereocenters. The van der Waals surface area contributed by atoms with Gasteiger partial charge in [0.15, 0.2) is 6.20 Å². The highest BCUT2D eigenvalue weighted by molar-refractivity contribution is 5.06. The molecule has 0 aromatic carbocycles. The molecule has 73 valence electrons. The Morgan fingerprint density at radius 2 is 1.69 bits per heavy atom. The van der Waals surface area contributed by atoms with Gasteiger partial charge < -0.3 is 0 Å². The van der Waals surface area contributed by atoms with E-state index in [1.54, 1.807) is 0 Å². The minimum absolute atomic E-state index is 0.222. The number of rotatable bonds is 0. The van der Waals surface area contributed by atoms with E-state index in [0.717, 1.165) is 0 Å². The van der Waals surface area contributed by atoms with Crippen LogP contribution in [0.5, 0.6) is 0 Å². The van der Waals surface area contributed by atoms with Crippen LogP contribution in [0.3, 0.4) is 0 Å². The Bertz CT molecular complexity index is 260. The van der Waals surface area contributed by atoms with Crippen LogP contribution in [0.4, 0.5) is 26.3 Å². The van der Waals surface area contributed by atoms with Gasteiger partial charge in [0.05, 0.1) is 5.11 Å². The van der Waals surface area contributed by atoms with Gasteiger partial charge in [-0.2, -0.15) is 13.2 Å². The zero-order valence-electron chi connectivity index (χ0n) is 5.69. The van der Waals surface area contributed by atoms with Crippen LogP contribution in [0, 0.1) is 0 Å². The van der Waals surface area contributed by atoms with Crippen LogP contribution in [-0.4, -0.2) is 17.5 Å². The zero-order chi connectivity index (χ0) is 10.3. The summed E-state index contributed by atoms with van der Waals surface area (Å²) in [5.41, 5.74) is -1.68. The lowest BCUT2D eigenvalue weighted by molar-refractivity contribution is -0.228. The number of allylic oxidation sites excluding steroid dienone is 1. The van der Waals surface area contributed by atoms with E-state index in [2.05, 4.69) is 10.3 Å². The third-order valence-electron chi connectivity index (χ3n) is 1.04. The van der Waals surface area contributed by atoms with Crippen LogP contribution >= 0.6 is 0 Å². The fourth-order valence-corrected chi connectivity index (χ4v) is 0.518. The molecular formula is C4HF6N3+. The van der Waals surface area contributed by atoms with Gasteiger partial charge in [0.2, 0.25) is 0 Å². The van der Waals surface area contributed by atoms with Crippen molar-refractivity contribution in [3.8, 4) is 0 Å². The Hall–Kier alpha value is -1.28. The molecule has 9 heteroatoms. The minimum Gasteiger partial charge on any atom is -0.162 e. The number of hydrogen-bond acceptors (Lipinski definition) is 3. The molecule has 0 aliphatic carbocycles. The normalized spacial score (nSPS) is 18.0. The fourth-order valence-electron chi connectivity index (χ4n) is 0.518. The van der Waals surface area contributed by atoms with Crippen LogP contribution in [0.15, 0.2) is 17.1 Å². The van der Waals surface area contributed by atoms with Crippen LogP contribution in [0.25, 0.3) is 0 Å². The molecule has 1 rings (SSSR count). The molecule has 3 nitrogen and oxygen atoms in total. The van der Waals surface area contributed by atoms with Gasteiger partial charge in [0, 0.05) is 0 Å². The average molecular weight is 205 g/mol. The first kappa shape index (κ1) is 9.81. The van der Waals surface area contributed by atoms with E-state index < -0.39 is 23.2 Å². The second-order valence-corrected chi connectivity index (χ2v) is 2.01. The van der Waals surface area contributed by atoms with Crippen molar-refractivity contribution in [2.75, 3.05) is 0 Å². The molecule has 0 bridgehead atoms. The summed E-state index contributed by atoms with van der Waals surface area (Å²) in [7, 11) is 0. The summed E-state index contributed by atoms with van der Waals surface area (Å²) in [4.78, 5) is 0.